The molecule has 3 N–H and O–H groups in total. The van der Waals surface area contributed by atoms with Crippen LogP contribution in [0.1, 0.15) is 284 Å². The lowest BCUT2D eigenvalue weighted by molar-refractivity contribution is -0.123. The lowest BCUT2D eigenvalue weighted by Crippen LogP contribution is -2.45. The number of amides is 1. The summed E-state index contributed by atoms with van der Waals surface area (Å²) in [6, 6.07) is -0.643. The molecule has 0 aliphatic carbocycles. The summed E-state index contributed by atoms with van der Waals surface area (Å²) in [5, 5.41) is 23.1. The standard InChI is InChI=1S/C54H103NO3/c1-3-5-7-9-11-13-15-17-19-21-23-25-27-28-30-32-34-36-38-40-42-44-46-48-50-54(58)55-52(51-56)53(57)49-47-45-43-41-39-37-35-33-31-29-26-24-22-20-18-16-14-12-10-8-6-4-2/h31,33,39,41,47,49,52-53,56-57H,3-30,32,34-38,40,42-46,48,50-51H2,1-2H3,(H,55,58)/b33-31+,41-39+,49-47+. The van der Waals surface area contributed by atoms with Gasteiger partial charge in [-0.1, -0.05) is 269 Å². The fraction of sp³-hybridized carbons (Fsp3) is 0.870. The van der Waals surface area contributed by atoms with Crippen LogP contribution in [-0.2, 0) is 4.79 Å². The molecular weight excluding hydrogens is 711 g/mol. The molecule has 0 aromatic heterocycles. The lowest BCUT2D eigenvalue weighted by atomic mass is 10.0. The Labute approximate surface area is 363 Å². The number of aliphatic hydroxyl groups is 2. The van der Waals surface area contributed by atoms with Gasteiger partial charge in [-0.2, -0.15) is 0 Å². The summed E-state index contributed by atoms with van der Waals surface area (Å²) in [5.74, 6) is -0.0728. The molecule has 0 rings (SSSR count). The third-order valence-electron chi connectivity index (χ3n) is 12.1. The van der Waals surface area contributed by atoms with Crippen LogP contribution in [0.4, 0.5) is 0 Å². The second-order valence-electron chi connectivity index (χ2n) is 17.9. The highest BCUT2D eigenvalue weighted by Gasteiger charge is 2.17. The van der Waals surface area contributed by atoms with Crippen molar-refractivity contribution in [1.82, 2.24) is 5.32 Å². The van der Waals surface area contributed by atoms with Crippen LogP contribution in [0.3, 0.4) is 0 Å². The monoisotopic (exact) mass is 814 g/mol. The maximum Gasteiger partial charge on any atom is 0.220 e. The Morgan fingerprint density at radius 1 is 0.397 bits per heavy atom. The molecule has 0 aliphatic rings. The molecule has 0 saturated carbocycles. The average molecular weight is 814 g/mol. The fourth-order valence-corrected chi connectivity index (χ4v) is 8.10. The average Bonchev–Trinajstić information content (AvgIpc) is 3.23. The van der Waals surface area contributed by atoms with E-state index in [-0.39, 0.29) is 12.5 Å². The van der Waals surface area contributed by atoms with Crippen LogP contribution in [0.5, 0.6) is 0 Å². The molecule has 2 unspecified atom stereocenters. The number of unbranched alkanes of at least 4 members (excludes halogenated alkanes) is 37. The predicted octanol–water partition coefficient (Wildman–Crippen LogP) is 16.9. The third kappa shape index (κ3) is 45.7. The molecule has 0 aromatic carbocycles. The molecule has 0 aromatic rings. The zero-order valence-corrected chi connectivity index (χ0v) is 39.3. The molecule has 0 saturated heterocycles. The largest absolute Gasteiger partial charge is 0.394 e. The van der Waals surface area contributed by atoms with E-state index in [9.17, 15) is 15.0 Å². The lowest BCUT2D eigenvalue weighted by Gasteiger charge is -2.19. The summed E-state index contributed by atoms with van der Waals surface area (Å²) in [7, 11) is 0. The number of hydrogen-bond acceptors (Lipinski definition) is 3. The second-order valence-corrected chi connectivity index (χ2v) is 17.9. The number of nitrogens with one attached hydrogen (secondary N) is 1. The van der Waals surface area contributed by atoms with Gasteiger partial charge < -0.3 is 15.5 Å². The van der Waals surface area contributed by atoms with E-state index in [1.165, 1.54) is 225 Å². The number of carbonyl (C=O) groups excluding carboxylic acids is 1. The SMILES string of the molecule is CCCCCCCCCCCCCC/C=C/CC/C=C/CC/C=C/C(O)C(CO)NC(=O)CCCCCCCCCCCCCCCCCCCCCCCCCC. The molecule has 342 valence electrons. The van der Waals surface area contributed by atoms with Gasteiger partial charge in [0.1, 0.15) is 0 Å². The summed E-state index contributed by atoms with van der Waals surface area (Å²) >= 11 is 0. The van der Waals surface area contributed by atoms with Crippen molar-refractivity contribution in [1.29, 1.82) is 0 Å². The summed E-state index contributed by atoms with van der Waals surface area (Å²) in [4.78, 5) is 12.4. The first-order valence-corrected chi connectivity index (χ1v) is 26.2. The van der Waals surface area contributed by atoms with Crippen LogP contribution >= 0.6 is 0 Å². The predicted molar refractivity (Wildman–Crippen MR) is 258 cm³/mol. The molecule has 0 spiro atoms. The Morgan fingerprint density at radius 3 is 1.00 bits per heavy atom. The molecule has 4 heteroatoms. The van der Waals surface area contributed by atoms with Gasteiger partial charge in [-0.05, 0) is 44.9 Å². The van der Waals surface area contributed by atoms with Crippen molar-refractivity contribution in [2.45, 2.75) is 296 Å². The maximum atomic E-state index is 12.4. The van der Waals surface area contributed by atoms with Crippen molar-refractivity contribution >= 4 is 5.91 Å². The first-order valence-electron chi connectivity index (χ1n) is 26.2. The number of rotatable bonds is 48. The van der Waals surface area contributed by atoms with Gasteiger partial charge in [-0.25, -0.2) is 0 Å². The van der Waals surface area contributed by atoms with E-state index in [0.717, 1.165) is 38.5 Å². The van der Waals surface area contributed by atoms with Crippen LogP contribution in [0.2, 0.25) is 0 Å². The minimum Gasteiger partial charge on any atom is -0.394 e. The Kier molecular flexibility index (Phi) is 48.8. The molecule has 0 aliphatic heterocycles. The van der Waals surface area contributed by atoms with Gasteiger partial charge in [0.2, 0.25) is 5.91 Å². The zero-order valence-electron chi connectivity index (χ0n) is 39.3. The second kappa shape index (κ2) is 50.0. The van der Waals surface area contributed by atoms with E-state index in [1.807, 2.05) is 6.08 Å². The molecule has 2 atom stereocenters. The van der Waals surface area contributed by atoms with Crippen molar-refractivity contribution in [3.05, 3.63) is 36.5 Å². The number of aliphatic hydroxyl groups excluding tert-OH is 2. The molecule has 1 amide bonds. The quantitative estimate of drug-likeness (QED) is 0.0423. The fourth-order valence-electron chi connectivity index (χ4n) is 8.10. The van der Waals surface area contributed by atoms with Gasteiger partial charge in [-0.15, -0.1) is 0 Å². The van der Waals surface area contributed by atoms with Gasteiger partial charge >= 0.3 is 0 Å². The number of allylic oxidation sites excluding steroid dienone is 5. The summed E-state index contributed by atoms with van der Waals surface area (Å²) in [6.07, 6.45) is 67.2. The Morgan fingerprint density at radius 2 is 0.672 bits per heavy atom. The highest BCUT2D eigenvalue weighted by atomic mass is 16.3. The van der Waals surface area contributed by atoms with Crippen LogP contribution in [0, 0.1) is 0 Å². The number of carbonyl (C=O) groups is 1. The first-order chi connectivity index (χ1) is 28.7. The van der Waals surface area contributed by atoms with E-state index in [4.69, 9.17) is 0 Å². The Balaban J connectivity index is 3.55. The van der Waals surface area contributed by atoms with E-state index in [1.54, 1.807) is 6.08 Å². The molecule has 0 bridgehead atoms. The minimum atomic E-state index is -0.868. The van der Waals surface area contributed by atoms with Crippen LogP contribution in [0.25, 0.3) is 0 Å². The topological polar surface area (TPSA) is 69.6 Å². The Bertz CT molecular complexity index is 882. The van der Waals surface area contributed by atoms with E-state index < -0.39 is 12.1 Å². The van der Waals surface area contributed by atoms with Gasteiger partial charge in [0.15, 0.2) is 0 Å². The zero-order chi connectivity index (χ0) is 42.1. The molecular formula is C54H103NO3. The third-order valence-corrected chi connectivity index (χ3v) is 12.1. The highest BCUT2D eigenvalue weighted by Crippen LogP contribution is 2.17. The van der Waals surface area contributed by atoms with Crippen LogP contribution in [-0.4, -0.2) is 34.9 Å². The van der Waals surface area contributed by atoms with Gasteiger partial charge in [0.05, 0.1) is 18.8 Å². The summed E-state index contributed by atoms with van der Waals surface area (Å²) in [5.41, 5.74) is 0. The smallest absolute Gasteiger partial charge is 0.220 e. The minimum absolute atomic E-state index is 0.0728. The molecule has 0 radical (unpaired) electrons. The molecule has 0 heterocycles. The molecule has 0 fully saturated rings. The van der Waals surface area contributed by atoms with Crippen molar-refractivity contribution in [3.8, 4) is 0 Å². The van der Waals surface area contributed by atoms with E-state index >= 15 is 0 Å². The summed E-state index contributed by atoms with van der Waals surface area (Å²) in [6.45, 7) is 4.32. The number of hydrogen-bond donors (Lipinski definition) is 3. The van der Waals surface area contributed by atoms with Gasteiger partial charge in [0, 0.05) is 6.42 Å². The normalized spacial score (nSPS) is 13.1. The van der Waals surface area contributed by atoms with Gasteiger partial charge in [0.25, 0.3) is 0 Å². The van der Waals surface area contributed by atoms with Gasteiger partial charge in [-0.3, -0.25) is 4.79 Å². The summed E-state index contributed by atoms with van der Waals surface area (Å²) < 4.78 is 0. The van der Waals surface area contributed by atoms with Crippen molar-refractivity contribution < 1.29 is 15.0 Å². The van der Waals surface area contributed by atoms with E-state index in [0.29, 0.717) is 6.42 Å². The highest BCUT2D eigenvalue weighted by molar-refractivity contribution is 5.76. The van der Waals surface area contributed by atoms with Crippen LogP contribution < -0.4 is 5.32 Å². The first kappa shape index (κ1) is 56.6. The van der Waals surface area contributed by atoms with Crippen molar-refractivity contribution in [2.24, 2.45) is 0 Å². The van der Waals surface area contributed by atoms with Crippen LogP contribution in [0.15, 0.2) is 36.5 Å². The maximum absolute atomic E-state index is 12.4. The van der Waals surface area contributed by atoms with Crippen molar-refractivity contribution in [2.75, 3.05) is 6.61 Å². The molecule has 58 heavy (non-hydrogen) atoms. The van der Waals surface area contributed by atoms with E-state index in [2.05, 4.69) is 43.5 Å². The molecule has 4 nitrogen and oxygen atoms in total. The van der Waals surface area contributed by atoms with Crippen molar-refractivity contribution in [3.63, 3.8) is 0 Å². The Hall–Kier alpha value is -1.39.